The molecule has 0 aliphatic carbocycles. The number of hydrogen-bond acceptors (Lipinski definition) is 3. The zero-order chi connectivity index (χ0) is 13.4. The highest BCUT2D eigenvalue weighted by atomic mass is 35.5. The fourth-order valence-corrected chi connectivity index (χ4v) is 2.26. The minimum Gasteiger partial charge on any atom is -0.491 e. The van der Waals surface area contributed by atoms with Gasteiger partial charge in [-0.2, -0.15) is 0 Å². The van der Waals surface area contributed by atoms with Crippen molar-refractivity contribution in [3.05, 3.63) is 27.7 Å². The summed E-state index contributed by atoms with van der Waals surface area (Å²) in [6.07, 6.45) is 1.09. The molecule has 0 unspecified atom stereocenters. The molecule has 5 heteroatoms. The van der Waals surface area contributed by atoms with Gasteiger partial charge in [0.05, 0.1) is 16.7 Å². The second-order valence-electron chi connectivity index (χ2n) is 3.96. The molecule has 102 valence electrons. The van der Waals surface area contributed by atoms with Crippen LogP contribution in [0.5, 0.6) is 5.75 Å². The molecule has 1 rings (SSSR count). The normalized spacial score (nSPS) is 10.7. The van der Waals surface area contributed by atoms with Crippen LogP contribution in [0.3, 0.4) is 0 Å². The summed E-state index contributed by atoms with van der Waals surface area (Å²) in [5.41, 5.74) is 1.07. The van der Waals surface area contributed by atoms with Gasteiger partial charge in [0.1, 0.15) is 0 Å². The lowest BCUT2D eigenvalue weighted by molar-refractivity contribution is 0.340. The third kappa shape index (κ3) is 5.02. The molecule has 3 nitrogen and oxygen atoms in total. The predicted octanol–water partition coefficient (Wildman–Crippen LogP) is 3.09. The van der Waals surface area contributed by atoms with Crippen molar-refractivity contribution >= 4 is 23.2 Å². The van der Waals surface area contributed by atoms with Crippen LogP contribution in [-0.2, 0) is 6.54 Å². The van der Waals surface area contributed by atoms with Crippen LogP contribution >= 0.6 is 23.2 Å². The number of nitrogens with one attached hydrogen (secondary N) is 2. The molecule has 1 aromatic carbocycles. The number of rotatable bonds is 8. The van der Waals surface area contributed by atoms with Gasteiger partial charge in [-0.15, -0.1) is 0 Å². The molecule has 0 saturated heterocycles. The van der Waals surface area contributed by atoms with Gasteiger partial charge in [0, 0.05) is 6.54 Å². The maximum Gasteiger partial charge on any atom is 0.156 e. The van der Waals surface area contributed by atoms with Gasteiger partial charge in [0.25, 0.3) is 0 Å². The van der Waals surface area contributed by atoms with Crippen molar-refractivity contribution in [2.45, 2.75) is 19.9 Å². The third-order valence-electron chi connectivity index (χ3n) is 2.46. The molecule has 0 heterocycles. The molecule has 0 aliphatic heterocycles. The van der Waals surface area contributed by atoms with E-state index in [0.717, 1.165) is 31.6 Å². The number of ether oxygens (including phenoxy) is 1. The van der Waals surface area contributed by atoms with Gasteiger partial charge in [-0.1, -0.05) is 23.2 Å². The summed E-state index contributed by atoms with van der Waals surface area (Å²) in [4.78, 5) is 0. The minimum atomic E-state index is 0.557. The summed E-state index contributed by atoms with van der Waals surface area (Å²) in [5, 5.41) is 7.58. The second-order valence-corrected chi connectivity index (χ2v) is 4.77. The lowest BCUT2D eigenvalue weighted by atomic mass is 10.2. The van der Waals surface area contributed by atoms with E-state index in [9.17, 15) is 0 Å². The first-order valence-electron chi connectivity index (χ1n) is 6.15. The lowest BCUT2D eigenvalue weighted by Crippen LogP contribution is -2.19. The first-order valence-corrected chi connectivity index (χ1v) is 6.90. The SMILES string of the molecule is CCOc1c(Cl)cc(CNCCCNC)cc1Cl. The number of hydrogen-bond donors (Lipinski definition) is 2. The van der Waals surface area contributed by atoms with E-state index >= 15 is 0 Å². The van der Waals surface area contributed by atoms with Gasteiger partial charge >= 0.3 is 0 Å². The molecule has 2 N–H and O–H groups in total. The highest BCUT2D eigenvalue weighted by Crippen LogP contribution is 2.34. The van der Waals surface area contributed by atoms with E-state index in [1.807, 2.05) is 26.1 Å². The van der Waals surface area contributed by atoms with E-state index in [1.54, 1.807) is 0 Å². The fourth-order valence-electron chi connectivity index (χ4n) is 1.62. The van der Waals surface area contributed by atoms with E-state index in [1.165, 1.54) is 0 Å². The van der Waals surface area contributed by atoms with E-state index < -0.39 is 0 Å². The van der Waals surface area contributed by atoms with Crippen LogP contribution in [0.15, 0.2) is 12.1 Å². The Morgan fingerprint density at radius 2 is 1.83 bits per heavy atom. The summed E-state index contributed by atoms with van der Waals surface area (Å²) in [6, 6.07) is 3.78. The first kappa shape index (κ1) is 15.6. The lowest BCUT2D eigenvalue weighted by Gasteiger charge is -2.11. The van der Waals surface area contributed by atoms with Crippen molar-refractivity contribution in [3.63, 3.8) is 0 Å². The van der Waals surface area contributed by atoms with Crippen LogP contribution in [0, 0.1) is 0 Å². The zero-order valence-corrected chi connectivity index (χ0v) is 12.4. The van der Waals surface area contributed by atoms with Crippen LogP contribution in [0.1, 0.15) is 18.9 Å². The van der Waals surface area contributed by atoms with Gasteiger partial charge in [0.2, 0.25) is 0 Å². The molecule has 0 fully saturated rings. The van der Waals surface area contributed by atoms with Crippen molar-refractivity contribution in [1.82, 2.24) is 10.6 Å². The summed E-state index contributed by atoms with van der Waals surface area (Å²) >= 11 is 12.3. The van der Waals surface area contributed by atoms with Crippen molar-refractivity contribution < 1.29 is 4.74 Å². The molecule has 0 amide bonds. The van der Waals surface area contributed by atoms with Crippen LogP contribution in [-0.4, -0.2) is 26.7 Å². The topological polar surface area (TPSA) is 33.3 Å². The maximum atomic E-state index is 6.13. The van der Waals surface area contributed by atoms with Gasteiger partial charge in [-0.05, 0) is 51.2 Å². The van der Waals surface area contributed by atoms with Gasteiger partial charge < -0.3 is 15.4 Å². The molecule has 0 spiro atoms. The number of halogens is 2. The largest absolute Gasteiger partial charge is 0.491 e. The highest BCUT2D eigenvalue weighted by Gasteiger charge is 2.08. The molecule has 18 heavy (non-hydrogen) atoms. The van der Waals surface area contributed by atoms with E-state index in [-0.39, 0.29) is 0 Å². The monoisotopic (exact) mass is 290 g/mol. The molecule has 0 aliphatic rings. The van der Waals surface area contributed by atoms with Crippen LogP contribution < -0.4 is 15.4 Å². The second kappa shape index (κ2) is 8.59. The smallest absolute Gasteiger partial charge is 0.156 e. The van der Waals surface area contributed by atoms with Gasteiger partial charge in [-0.3, -0.25) is 0 Å². The molecular weight excluding hydrogens is 271 g/mol. The molecule has 0 bridgehead atoms. The Hall–Kier alpha value is -0.480. The van der Waals surface area contributed by atoms with Crippen molar-refractivity contribution in [1.29, 1.82) is 0 Å². The Balaban J connectivity index is 2.52. The predicted molar refractivity (Wildman–Crippen MR) is 77.9 cm³/mol. The summed E-state index contributed by atoms with van der Waals surface area (Å²) in [6.45, 7) is 5.20. The Bertz CT molecular complexity index is 349. The van der Waals surface area contributed by atoms with Crippen LogP contribution in [0.25, 0.3) is 0 Å². The Labute approximate surface area is 119 Å². The summed E-state index contributed by atoms with van der Waals surface area (Å²) < 4.78 is 5.39. The van der Waals surface area contributed by atoms with Crippen molar-refractivity contribution in [3.8, 4) is 5.75 Å². The summed E-state index contributed by atoms with van der Waals surface area (Å²) in [5.74, 6) is 0.569. The van der Waals surface area contributed by atoms with Crippen molar-refractivity contribution in [2.24, 2.45) is 0 Å². The van der Waals surface area contributed by atoms with Gasteiger partial charge in [-0.25, -0.2) is 0 Å². The molecule has 0 radical (unpaired) electrons. The zero-order valence-electron chi connectivity index (χ0n) is 10.9. The Morgan fingerprint density at radius 3 is 2.39 bits per heavy atom. The van der Waals surface area contributed by atoms with E-state index in [2.05, 4.69) is 10.6 Å². The van der Waals surface area contributed by atoms with Crippen LogP contribution in [0.4, 0.5) is 0 Å². The number of benzene rings is 1. The molecular formula is C13H20Cl2N2O. The highest BCUT2D eigenvalue weighted by molar-refractivity contribution is 6.37. The van der Waals surface area contributed by atoms with E-state index in [0.29, 0.717) is 22.4 Å². The quantitative estimate of drug-likeness (QED) is 0.722. The van der Waals surface area contributed by atoms with Gasteiger partial charge in [0.15, 0.2) is 5.75 Å². The molecule has 0 saturated carbocycles. The minimum absolute atomic E-state index is 0.557. The molecule has 0 aromatic heterocycles. The first-order chi connectivity index (χ1) is 8.69. The molecule has 0 atom stereocenters. The Morgan fingerprint density at radius 1 is 1.17 bits per heavy atom. The fraction of sp³-hybridized carbons (Fsp3) is 0.538. The van der Waals surface area contributed by atoms with Crippen molar-refractivity contribution in [2.75, 3.05) is 26.7 Å². The van der Waals surface area contributed by atoms with Crippen LogP contribution in [0.2, 0.25) is 10.0 Å². The average Bonchev–Trinajstić information content (AvgIpc) is 2.33. The van der Waals surface area contributed by atoms with E-state index in [4.69, 9.17) is 27.9 Å². The summed E-state index contributed by atoms with van der Waals surface area (Å²) in [7, 11) is 1.95. The standard InChI is InChI=1S/C13H20Cl2N2O/c1-3-18-13-11(14)7-10(8-12(13)15)9-17-6-4-5-16-2/h7-8,16-17H,3-6,9H2,1-2H3. The average molecular weight is 291 g/mol. The third-order valence-corrected chi connectivity index (χ3v) is 3.02. The maximum absolute atomic E-state index is 6.13. The molecule has 1 aromatic rings. The Kier molecular flexibility index (Phi) is 7.44.